The Morgan fingerprint density at radius 2 is 1.95 bits per heavy atom. The van der Waals surface area contributed by atoms with E-state index in [4.69, 9.17) is 39.9 Å². The van der Waals surface area contributed by atoms with E-state index < -0.39 is 18.3 Å². The van der Waals surface area contributed by atoms with Crippen LogP contribution < -0.4 is 0 Å². The van der Waals surface area contributed by atoms with Crippen LogP contribution in [0.15, 0.2) is 24.4 Å². The molecule has 1 aromatic heterocycles. The molecule has 0 aliphatic carbocycles. The van der Waals surface area contributed by atoms with Crippen LogP contribution in [0.1, 0.15) is 5.56 Å². The molecular weight excluding hydrogens is 328 g/mol. The Bertz CT molecular complexity index is 692. The van der Waals surface area contributed by atoms with Gasteiger partial charge in [0.2, 0.25) is 5.95 Å². The number of pyridine rings is 1. The summed E-state index contributed by atoms with van der Waals surface area (Å²) in [6.07, 6.45) is 0.771. The van der Waals surface area contributed by atoms with Crippen molar-refractivity contribution in [2.45, 2.75) is 6.42 Å². The van der Waals surface area contributed by atoms with Crippen LogP contribution in [-0.2, 0) is 11.2 Å². The first kappa shape index (κ1) is 15.0. The number of carbonyl (C=O) groups is 1. The van der Waals surface area contributed by atoms with Crippen molar-refractivity contribution in [1.29, 1.82) is 0 Å². The van der Waals surface area contributed by atoms with E-state index in [2.05, 4.69) is 4.98 Å². The summed E-state index contributed by atoms with van der Waals surface area (Å²) in [5.41, 5.74) is 0.863. The van der Waals surface area contributed by atoms with Crippen LogP contribution in [0, 0.1) is 5.95 Å². The average Bonchev–Trinajstić information content (AvgIpc) is 2.36. The minimum absolute atomic E-state index is 0.0397. The van der Waals surface area contributed by atoms with Gasteiger partial charge in [0.05, 0.1) is 16.5 Å². The van der Waals surface area contributed by atoms with E-state index >= 15 is 0 Å². The number of aliphatic carboxylic acids is 1. The fourth-order valence-corrected chi connectivity index (χ4v) is 2.41. The summed E-state index contributed by atoms with van der Waals surface area (Å²) in [6.45, 7) is 0. The maximum atomic E-state index is 13.4. The summed E-state index contributed by atoms with van der Waals surface area (Å²) >= 11 is 17.9. The van der Waals surface area contributed by atoms with Crippen LogP contribution in [0.4, 0.5) is 4.39 Å². The Morgan fingerprint density at radius 3 is 2.60 bits per heavy atom. The molecule has 0 radical (unpaired) electrons. The first-order valence-corrected chi connectivity index (χ1v) is 6.53. The van der Waals surface area contributed by atoms with Gasteiger partial charge in [0.25, 0.3) is 0 Å². The van der Waals surface area contributed by atoms with E-state index in [0.29, 0.717) is 16.1 Å². The van der Waals surface area contributed by atoms with E-state index in [9.17, 15) is 9.18 Å². The van der Waals surface area contributed by atoms with Gasteiger partial charge in [-0.15, -0.1) is 0 Å². The third-order valence-corrected chi connectivity index (χ3v) is 3.58. The van der Waals surface area contributed by atoms with Gasteiger partial charge in [-0.3, -0.25) is 4.79 Å². The largest absolute Gasteiger partial charge is 0.481 e. The summed E-state index contributed by atoms with van der Waals surface area (Å²) < 4.78 is 13.4. The molecule has 1 heterocycles. The molecule has 0 spiro atoms. The molecule has 0 amide bonds. The lowest BCUT2D eigenvalue weighted by atomic mass is 10.0. The van der Waals surface area contributed by atoms with Gasteiger partial charge in [-0.1, -0.05) is 34.8 Å². The number of nitrogens with zero attached hydrogens (tertiary/aromatic N) is 1. The minimum atomic E-state index is -1.15. The Kier molecular flexibility index (Phi) is 4.48. The van der Waals surface area contributed by atoms with Crippen molar-refractivity contribution in [3.63, 3.8) is 0 Å². The summed E-state index contributed by atoms with van der Waals surface area (Å²) in [6, 6.07) is 4.39. The zero-order chi connectivity index (χ0) is 14.9. The molecule has 0 saturated heterocycles. The number of carboxylic acid groups (broad SMARTS) is 1. The summed E-state index contributed by atoms with van der Waals surface area (Å²) in [5, 5.41) is 9.58. The lowest BCUT2D eigenvalue weighted by Gasteiger charge is -2.08. The highest BCUT2D eigenvalue weighted by Crippen LogP contribution is 2.36. The van der Waals surface area contributed by atoms with Gasteiger partial charge < -0.3 is 5.11 Å². The molecular formula is C13H7Cl3FNO2. The molecule has 1 aromatic carbocycles. The van der Waals surface area contributed by atoms with Gasteiger partial charge in [-0.2, -0.15) is 4.39 Å². The summed E-state index contributed by atoms with van der Waals surface area (Å²) in [7, 11) is 0. The fourth-order valence-electron chi connectivity index (χ4n) is 1.69. The van der Waals surface area contributed by atoms with Gasteiger partial charge in [0.1, 0.15) is 0 Å². The van der Waals surface area contributed by atoms with E-state index in [0.717, 1.165) is 0 Å². The molecule has 0 saturated carbocycles. The molecule has 0 aliphatic rings. The van der Waals surface area contributed by atoms with Crippen LogP contribution in [0.2, 0.25) is 15.1 Å². The van der Waals surface area contributed by atoms with Gasteiger partial charge in [-0.05, 0) is 18.2 Å². The lowest BCUT2D eigenvalue weighted by molar-refractivity contribution is -0.136. The molecule has 0 unspecified atom stereocenters. The number of halogens is 4. The normalized spacial score (nSPS) is 10.6. The molecule has 0 aliphatic heterocycles. The van der Waals surface area contributed by atoms with Crippen LogP contribution in [0.5, 0.6) is 0 Å². The molecule has 0 atom stereocenters. The monoisotopic (exact) mass is 333 g/mol. The number of aromatic nitrogens is 1. The number of hydrogen-bond acceptors (Lipinski definition) is 2. The first-order valence-electron chi connectivity index (χ1n) is 5.39. The Labute approximate surface area is 128 Å². The quantitative estimate of drug-likeness (QED) is 0.665. The standard InChI is InChI=1S/C13H7Cl3FNO2/c14-8-3-9(12(16)10(15)4-8)7-1-6(2-11(19)20)13(17)18-5-7/h1,3-5H,2H2,(H,19,20). The van der Waals surface area contributed by atoms with Crippen molar-refractivity contribution in [3.05, 3.63) is 51.0 Å². The van der Waals surface area contributed by atoms with E-state index in [1.54, 1.807) is 6.07 Å². The number of rotatable bonds is 3. The second kappa shape index (κ2) is 5.95. The smallest absolute Gasteiger partial charge is 0.307 e. The molecule has 0 fully saturated rings. The van der Waals surface area contributed by atoms with Crippen molar-refractivity contribution < 1.29 is 14.3 Å². The predicted molar refractivity (Wildman–Crippen MR) is 76.0 cm³/mol. The highest BCUT2D eigenvalue weighted by Gasteiger charge is 2.14. The van der Waals surface area contributed by atoms with Crippen molar-refractivity contribution >= 4 is 40.8 Å². The van der Waals surface area contributed by atoms with Crippen LogP contribution in [0.25, 0.3) is 11.1 Å². The third kappa shape index (κ3) is 3.20. The van der Waals surface area contributed by atoms with Gasteiger partial charge >= 0.3 is 5.97 Å². The van der Waals surface area contributed by atoms with E-state index in [1.165, 1.54) is 18.3 Å². The highest BCUT2D eigenvalue weighted by atomic mass is 35.5. The molecule has 0 bridgehead atoms. The van der Waals surface area contributed by atoms with Crippen molar-refractivity contribution in [1.82, 2.24) is 4.98 Å². The van der Waals surface area contributed by atoms with Gasteiger partial charge in [0, 0.05) is 27.9 Å². The summed E-state index contributed by atoms with van der Waals surface area (Å²) in [4.78, 5) is 14.2. The molecule has 104 valence electrons. The van der Waals surface area contributed by atoms with Crippen molar-refractivity contribution in [2.24, 2.45) is 0 Å². The third-order valence-electron chi connectivity index (χ3n) is 2.56. The number of benzene rings is 1. The average molecular weight is 335 g/mol. The minimum Gasteiger partial charge on any atom is -0.481 e. The second-order valence-corrected chi connectivity index (χ2v) is 5.22. The molecule has 2 aromatic rings. The molecule has 20 heavy (non-hydrogen) atoms. The van der Waals surface area contributed by atoms with Crippen molar-refractivity contribution in [2.75, 3.05) is 0 Å². The maximum absolute atomic E-state index is 13.4. The fraction of sp³-hybridized carbons (Fsp3) is 0.0769. The van der Waals surface area contributed by atoms with E-state index in [-0.39, 0.29) is 15.6 Å². The SMILES string of the molecule is O=C(O)Cc1cc(-c2cc(Cl)cc(Cl)c2Cl)cnc1F. The molecule has 3 nitrogen and oxygen atoms in total. The summed E-state index contributed by atoms with van der Waals surface area (Å²) in [5.74, 6) is -1.99. The second-order valence-electron chi connectivity index (χ2n) is 3.99. The Morgan fingerprint density at radius 1 is 1.25 bits per heavy atom. The number of hydrogen-bond donors (Lipinski definition) is 1. The number of carboxylic acids is 1. The highest BCUT2D eigenvalue weighted by molar-refractivity contribution is 6.45. The molecule has 2 rings (SSSR count). The molecule has 7 heteroatoms. The topological polar surface area (TPSA) is 50.2 Å². The maximum Gasteiger partial charge on any atom is 0.307 e. The van der Waals surface area contributed by atoms with Crippen molar-refractivity contribution in [3.8, 4) is 11.1 Å². The van der Waals surface area contributed by atoms with E-state index in [1.807, 2.05) is 0 Å². The Balaban J connectivity index is 2.56. The zero-order valence-electron chi connectivity index (χ0n) is 9.83. The lowest BCUT2D eigenvalue weighted by Crippen LogP contribution is -2.04. The zero-order valence-corrected chi connectivity index (χ0v) is 12.1. The van der Waals surface area contributed by atoms with Gasteiger partial charge in [0.15, 0.2) is 0 Å². The van der Waals surface area contributed by atoms with Crippen LogP contribution >= 0.6 is 34.8 Å². The van der Waals surface area contributed by atoms with Crippen LogP contribution in [0.3, 0.4) is 0 Å². The Hall–Kier alpha value is -1.36. The van der Waals surface area contributed by atoms with Gasteiger partial charge in [-0.25, -0.2) is 4.98 Å². The van der Waals surface area contributed by atoms with Crippen LogP contribution in [-0.4, -0.2) is 16.1 Å². The first-order chi connectivity index (χ1) is 9.38. The predicted octanol–water partition coefficient (Wildman–Crippen LogP) is 4.48. The molecule has 1 N–H and O–H groups in total.